The summed E-state index contributed by atoms with van der Waals surface area (Å²) in [4.78, 5) is 0. The minimum Gasteiger partial charge on any atom is -0.322 e. The second-order valence-electron chi connectivity index (χ2n) is 3.20. The van der Waals surface area contributed by atoms with E-state index in [4.69, 9.17) is 4.52 Å². The number of hydrogen-bond acceptors (Lipinski definition) is 3. The molecule has 0 N–H and O–H groups in total. The van der Waals surface area contributed by atoms with Crippen molar-refractivity contribution >= 4 is 18.0 Å². The van der Waals surface area contributed by atoms with E-state index in [0.29, 0.717) is 12.5 Å². The molecule has 0 fully saturated rings. The molecule has 0 bridgehead atoms. The molecule has 0 heterocycles. The van der Waals surface area contributed by atoms with Crippen molar-refractivity contribution in [1.82, 2.24) is 0 Å². The summed E-state index contributed by atoms with van der Waals surface area (Å²) in [7, 11) is 0. The van der Waals surface area contributed by atoms with Gasteiger partial charge in [-0.3, -0.25) is 4.57 Å². The van der Waals surface area contributed by atoms with Crippen LogP contribution in [0.15, 0.2) is 0 Å². The summed E-state index contributed by atoms with van der Waals surface area (Å²) in [6.45, 7) is 6.12. The molecule has 74 valence electrons. The molecule has 0 aromatic rings. The van der Waals surface area contributed by atoms with Crippen molar-refractivity contribution in [1.29, 1.82) is 0 Å². The average Bonchev–Trinajstić information content (AvgIpc) is 1.85. The monoisotopic (exact) mass is 210 g/mol. The summed E-state index contributed by atoms with van der Waals surface area (Å²) in [5.41, 5.74) is 0. The Kier molecular flexibility index (Phi) is 6.34. The molecule has 0 saturated heterocycles. The summed E-state index contributed by atoms with van der Waals surface area (Å²) in [5, 5.41) is 0. The van der Waals surface area contributed by atoms with E-state index in [1.165, 1.54) is 11.4 Å². The maximum atomic E-state index is 11.5. The van der Waals surface area contributed by atoms with Gasteiger partial charge in [0.2, 0.25) is 0 Å². The van der Waals surface area contributed by atoms with Gasteiger partial charge in [-0.2, -0.15) is 0 Å². The minimum atomic E-state index is -2.33. The van der Waals surface area contributed by atoms with Crippen molar-refractivity contribution in [2.45, 2.75) is 27.2 Å². The van der Waals surface area contributed by atoms with Gasteiger partial charge in [0.1, 0.15) is 0 Å². The zero-order chi connectivity index (χ0) is 9.61. The summed E-state index contributed by atoms with van der Waals surface area (Å²) in [5.74, 6) is 1.62. The molecule has 0 aromatic heterocycles. The van der Waals surface area contributed by atoms with Crippen LogP contribution in [0.25, 0.3) is 0 Å². The predicted octanol–water partition coefficient (Wildman–Crippen LogP) is 3.63. The van der Waals surface area contributed by atoms with Crippen LogP contribution in [-0.4, -0.2) is 19.0 Å². The molecule has 4 heteroatoms. The summed E-state index contributed by atoms with van der Waals surface area (Å²) in [6, 6.07) is 0. The van der Waals surface area contributed by atoms with Gasteiger partial charge in [-0.15, -0.1) is 0 Å². The molecule has 0 spiro atoms. The van der Waals surface area contributed by atoms with Crippen molar-refractivity contribution in [3.8, 4) is 0 Å². The van der Waals surface area contributed by atoms with Crippen LogP contribution in [0.5, 0.6) is 0 Å². The largest absolute Gasteiger partial charge is 0.322 e. The highest BCUT2D eigenvalue weighted by molar-refractivity contribution is 8.56. The van der Waals surface area contributed by atoms with Crippen molar-refractivity contribution in [2.24, 2.45) is 5.92 Å². The van der Waals surface area contributed by atoms with Gasteiger partial charge in [0.25, 0.3) is 6.57 Å². The van der Waals surface area contributed by atoms with Crippen LogP contribution in [0.2, 0.25) is 0 Å². The molecule has 12 heavy (non-hydrogen) atoms. The van der Waals surface area contributed by atoms with Gasteiger partial charge in [0.15, 0.2) is 0 Å². The standard InChI is InChI=1S/C8H19O2PS/c1-5-10-11(4,9)12-7-6-8(2)3/h8H,5-7H2,1-4H3. The minimum absolute atomic E-state index is 0.544. The molecule has 2 nitrogen and oxygen atoms in total. The van der Waals surface area contributed by atoms with E-state index in [1.54, 1.807) is 6.66 Å². The molecule has 0 aliphatic carbocycles. The van der Waals surface area contributed by atoms with E-state index in [0.717, 1.165) is 12.2 Å². The molecule has 1 atom stereocenters. The highest BCUT2D eigenvalue weighted by Crippen LogP contribution is 2.56. The zero-order valence-electron chi connectivity index (χ0n) is 8.37. The van der Waals surface area contributed by atoms with Crippen LogP contribution in [0.3, 0.4) is 0 Å². The van der Waals surface area contributed by atoms with Crippen LogP contribution < -0.4 is 0 Å². The molecule has 0 radical (unpaired) electrons. The fourth-order valence-corrected chi connectivity index (χ4v) is 4.03. The van der Waals surface area contributed by atoms with E-state index >= 15 is 0 Å². The number of hydrogen-bond donors (Lipinski definition) is 0. The van der Waals surface area contributed by atoms with Gasteiger partial charge in [-0.25, -0.2) is 0 Å². The molecule has 0 rings (SSSR count). The molecule has 0 saturated carbocycles. The smallest absolute Gasteiger partial charge is 0.254 e. The van der Waals surface area contributed by atoms with Gasteiger partial charge in [0, 0.05) is 12.4 Å². The fraction of sp³-hybridized carbons (Fsp3) is 1.00. The van der Waals surface area contributed by atoms with Gasteiger partial charge < -0.3 is 4.52 Å². The SMILES string of the molecule is CCOP(C)(=O)SCCC(C)C. The van der Waals surface area contributed by atoms with Crippen LogP contribution in [0.1, 0.15) is 27.2 Å². The molecule has 0 amide bonds. The summed E-state index contributed by atoms with van der Waals surface area (Å²) >= 11 is 1.46. The first-order chi connectivity index (χ1) is 5.48. The molecule has 1 unspecified atom stereocenters. The highest BCUT2D eigenvalue weighted by Gasteiger charge is 2.14. The Hall–Kier alpha value is 0.540. The fourth-order valence-electron chi connectivity index (χ4n) is 0.726. The van der Waals surface area contributed by atoms with Crippen molar-refractivity contribution in [2.75, 3.05) is 19.0 Å². The first-order valence-corrected chi connectivity index (χ1v) is 8.01. The Morgan fingerprint density at radius 2 is 2.08 bits per heavy atom. The summed E-state index contributed by atoms with van der Waals surface area (Å²) < 4.78 is 16.7. The highest BCUT2D eigenvalue weighted by atomic mass is 32.7. The lowest BCUT2D eigenvalue weighted by Crippen LogP contribution is -1.91. The molecule has 0 aliphatic heterocycles. The molecule has 0 aliphatic rings. The second kappa shape index (κ2) is 6.06. The maximum absolute atomic E-state index is 11.5. The quantitative estimate of drug-likeness (QED) is 0.626. The van der Waals surface area contributed by atoms with E-state index in [1.807, 2.05) is 6.92 Å². The number of rotatable bonds is 6. The van der Waals surface area contributed by atoms with Crippen LogP contribution in [0, 0.1) is 5.92 Å². The topological polar surface area (TPSA) is 26.3 Å². The van der Waals surface area contributed by atoms with Crippen LogP contribution in [-0.2, 0) is 9.09 Å². The Bertz CT molecular complexity index is 159. The van der Waals surface area contributed by atoms with Crippen molar-refractivity contribution < 1.29 is 9.09 Å². The third kappa shape index (κ3) is 7.20. The Balaban J connectivity index is 3.54. The van der Waals surface area contributed by atoms with Crippen LogP contribution in [0.4, 0.5) is 0 Å². The van der Waals surface area contributed by atoms with Crippen LogP contribution >= 0.6 is 18.0 Å². The first-order valence-electron chi connectivity index (χ1n) is 4.34. The van der Waals surface area contributed by atoms with E-state index in [9.17, 15) is 4.57 Å². The molecular formula is C8H19O2PS. The van der Waals surface area contributed by atoms with E-state index < -0.39 is 6.57 Å². The lowest BCUT2D eigenvalue weighted by atomic mass is 10.2. The summed E-state index contributed by atoms with van der Waals surface area (Å²) in [6.07, 6.45) is 1.11. The molecular weight excluding hydrogens is 191 g/mol. The Morgan fingerprint density at radius 1 is 1.50 bits per heavy atom. The second-order valence-corrected chi connectivity index (χ2v) is 8.44. The predicted molar refractivity (Wildman–Crippen MR) is 57.1 cm³/mol. The maximum Gasteiger partial charge on any atom is 0.254 e. The Labute approximate surface area is 79.7 Å². The third-order valence-corrected chi connectivity index (χ3v) is 5.27. The normalized spacial score (nSPS) is 16.4. The van der Waals surface area contributed by atoms with Gasteiger partial charge in [-0.1, -0.05) is 25.2 Å². The van der Waals surface area contributed by atoms with E-state index in [2.05, 4.69) is 13.8 Å². The van der Waals surface area contributed by atoms with Gasteiger partial charge in [0.05, 0.1) is 6.61 Å². The zero-order valence-corrected chi connectivity index (χ0v) is 10.1. The van der Waals surface area contributed by atoms with E-state index in [-0.39, 0.29) is 0 Å². The Morgan fingerprint density at radius 3 is 2.50 bits per heavy atom. The average molecular weight is 210 g/mol. The lowest BCUT2D eigenvalue weighted by Gasteiger charge is -2.11. The molecule has 0 aromatic carbocycles. The van der Waals surface area contributed by atoms with Crippen molar-refractivity contribution in [3.63, 3.8) is 0 Å². The first kappa shape index (κ1) is 12.5. The third-order valence-electron chi connectivity index (χ3n) is 1.38. The lowest BCUT2D eigenvalue weighted by molar-refractivity contribution is 0.350. The van der Waals surface area contributed by atoms with Gasteiger partial charge in [-0.05, 0) is 19.3 Å². The van der Waals surface area contributed by atoms with Crippen molar-refractivity contribution in [3.05, 3.63) is 0 Å². The van der Waals surface area contributed by atoms with Gasteiger partial charge >= 0.3 is 0 Å².